The van der Waals surface area contributed by atoms with Crippen LogP contribution < -0.4 is 5.32 Å². The summed E-state index contributed by atoms with van der Waals surface area (Å²) in [6.45, 7) is 5.16. The van der Waals surface area contributed by atoms with Gasteiger partial charge in [-0.15, -0.1) is 0 Å². The zero-order valence-corrected chi connectivity index (χ0v) is 15.5. The molecule has 1 aromatic carbocycles. The first-order valence-corrected chi connectivity index (χ1v) is 9.19. The van der Waals surface area contributed by atoms with Gasteiger partial charge in [0.05, 0.1) is 6.20 Å². The molecule has 0 aliphatic carbocycles. The molecular formula is C20H29N5. The van der Waals surface area contributed by atoms with E-state index in [9.17, 15) is 0 Å². The van der Waals surface area contributed by atoms with Crippen molar-refractivity contribution in [2.75, 3.05) is 20.1 Å². The van der Waals surface area contributed by atoms with Gasteiger partial charge in [0.2, 0.25) is 0 Å². The van der Waals surface area contributed by atoms with Crippen LogP contribution in [0, 0.1) is 5.92 Å². The van der Waals surface area contributed by atoms with Gasteiger partial charge in [-0.05, 0) is 23.8 Å². The summed E-state index contributed by atoms with van der Waals surface area (Å²) in [6, 6.07) is 11.0. The van der Waals surface area contributed by atoms with Crippen LogP contribution in [0.5, 0.6) is 0 Å². The molecule has 0 saturated carbocycles. The molecule has 1 aliphatic heterocycles. The lowest BCUT2D eigenvalue weighted by molar-refractivity contribution is 0.215. The van der Waals surface area contributed by atoms with Gasteiger partial charge in [0.25, 0.3) is 0 Å². The van der Waals surface area contributed by atoms with Gasteiger partial charge in [-0.2, -0.15) is 5.10 Å². The van der Waals surface area contributed by atoms with E-state index in [1.807, 2.05) is 31.2 Å². The SMILES string of the molecule is CCC1CN(C(=NC)NCc2cnn(C)c2)CCC1c1ccccc1. The first-order chi connectivity index (χ1) is 12.2. The second-order valence-corrected chi connectivity index (χ2v) is 6.84. The molecule has 1 N–H and O–H groups in total. The lowest BCUT2D eigenvalue weighted by Crippen LogP contribution is -2.48. The predicted molar refractivity (Wildman–Crippen MR) is 103 cm³/mol. The summed E-state index contributed by atoms with van der Waals surface area (Å²) in [5.41, 5.74) is 2.65. The first kappa shape index (κ1) is 17.5. The van der Waals surface area contributed by atoms with E-state index in [1.165, 1.54) is 24.0 Å². The highest BCUT2D eigenvalue weighted by Gasteiger charge is 2.30. The zero-order valence-electron chi connectivity index (χ0n) is 15.5. The Kier molecular flexibility index (Phi) is 5.74. The third-order valence-corrected chi connectivity index (χ3v) is 5.21. The van der Waals surface area contributed by atoms with E-state index in [4.69, 9.17) is 0 Å². The van der Waals surface area contributed by atoms with Crippen molar-refractivity contribution in [1.82, 2.24) is 20.0 Å². The van der Waals surface area contributed by atoms with E-state index in [-0.39, 0.29) is 0 Å². The van der Waals surface area contributed by atoms with Crippen molar-refractivity contribution < 1.29 is 0 Å². The van der Waals surface area contributed by atoms with Crippen LogP contribution in [0.4, 0.5) is 0 Å². The Bertz CT molecular complexity index is 691. The molecule has 25 heavy (non-hydrogen) atoms. The Morgan fingerprint density at radius 3 is 2.76 bits per heavy atom. The molecule has 1 aliphatic rings. The van der Waals surface area contributed by atoms with E-state index in [0.29, 0.717) is 11.8 Å². The van der Waals surface area contributed by atoms with Crippen molar-refractivity contribution in [3.63, 3.8) is 0 Å². The maximum atomic E-state index is 4.50. The summed E-state index contributed by atoms with van der Waals surface area (Å²) in [4.78, 5) is 6.91. The van der Waals surface area contributed by atoms with Gasteiger partial charge in [0, 0.05) is 45.5 Å². The maximum Gasteiger partial charge on any atom is 0.193 e. The third-order valence-electron chi connectivity index (χ3n) is 5.21. The smallest absolute Gasteiger partial charge is 0.193 e. The summed E-state index contributed by atoms with van der Waals surface area (Å²) in [6.07, 6.45) is 6.30. The van der Waals surface area contributed by atoms with E-state index >= 15 is 0 Å². The van der Waals surface area contributed by atoms with Crippen molar-refractivity contribution in [2.45, 2.75) is 32.2 Å². The monoisotopic (exact) mass is 339 g/mol. The topological polar surface area (TPSA) is 45.4 Å². The number of hydrogen-bond acceptors (Lipinski definition) is 2. The Morgan fingerprint density at radius 1 is 1.32 bits per heavy atom. The highest BCUT2D eigenvalue weighted by Crippen LogP contribution is 2.34. The van der Waals surface area contributed by atoms with Gasteiger partial charge in [-0.1, -0.05) is 43.7 Å². The fourth-order valence-corrected chi connectivity index (χ4v) is 3.85. The number of benzene rings is 1. The van der Waals surface area contributed by atoms with E-state index in [0.717, 1.165) is 25.6 Å². The normalized spacial score (nSPS) is 21.4. The molecule has 1 fully saturated rings. The number of nitrogens with zero attached hydrogens (tertiary/aromatic N) is 4. The summed E-state index contributed by atoms with van der Waals surface area (Å²) < 4.78 is 1.83. The van der Waals surface area contributed by atoms with Gasteiger partial charge in [0.15, 0.2) is 5.96 Å². The summed E-state index contributed by atoms with van der Waals surface area (Å²) in [5, 5.41) is 7.72. The molecule has 134 valence electrons. The molecule has 0 amide bonds. The molecular weight excluding hydrogens is 310 g/mol. The number of rotatable bonds is 4. The Morgan fingerprint density at radius 2 is 2.12 bits per heavy atom. The number of guanidine groups is 1. The Hall–Kier alpha value is -2.30. The minimum absolute atomic E-state index is 0.652. The number of aromatic nitrogens is 2. The molecule has 2 aromatic rings. The number of aryl methyl sites for hydroxylation is 1. The van der Waals surface area contributed by atoms with Gasteiger partial charge < -0.3 is 10.2 Å². The van der Waals surface area contributed by atoms with E-state index in [2.05, 4.69) is 57.6 Å². The first-order valence-electron chi connectivity index (χ1n) is 9.19. The lowest BCUT2D eigenvalue weighted by Gasteiger charge is -2.40. The van der Waals surface area contributed by atoms with E-state index < -0.39 is 0 Å². The van der Waals surface area contributed by atoms with Gasteiger partial charge in [-0.25, -0.2) is 0 Å². The average molecular weight is 339 g/mol. The van der Waals surface area contributed by atoms with Crippen molar-refractivity contribution in [3.05, 3.63) is 53.9 Å². The quantitative estimate of drug-likeness (QED) is 0.688. The number of aliphatic imine (C=N–C) groups is 1. The van der Waals surface area contributed by atoms with Crippen molar-refractivity contribution in [2.24, 2.45) is 18.0 Å². The fourth-order valence-electron chi connectivity index (χ4n) is 3.85. The molecule has 1 aromatic heterocycles. The minimum Gasteiger partial charge on any atom is -0.352 e. The van der Waals surface area contributed by atoms with Crippen LogP contribution in [-0.2, 0) is 13.6 Å². The average Bonchev–Trinajstić information content (AvgIpc) is 3.08. The largest absolute Gasteiger partial charge is 0.352 e. The van der Waals surface area contributed by atoms with Crippen LogP contribution in [0.1, 0.15) is 36.8 Å². The summed E-state index contributed by atoms with van der Waals surface area (Å²) in [7, 11) is 3.81. The van der Waals surface area contributed by atoms with Crippen LogP contribution in [0.15, 0.2) is 47.7 Å². The summed E-state index contributed by atoms with van der Waals surface area (Å²) >= 11 is 0. The van der Waals surface area contributed by atoms with Crippen LogP contribution >= 0.6 is 0 Å². The van der Waals surface area contributed by atoms with Crippen LogP contribution in [0.25, 0.3) is 0 Å². The maximum absolute atomic E-state index is 4.50. The number of likely N-dealkylation sites (tertiary alicyclic amines) is 1. The van der Waals surface area contributed by atoms with Crippen molar-refractivity contribution in [1.29, 1.82) is 0 Å². The van der Waals surface area contributed by atoms with Crippen molar-refractivity contribution in [3.8, 4) is 0 Å². The molecule has 5 nitrogen and oxygen atoms in total. The third kappa shape index (κ3) is 4.21. The highest BCUT2D eigenvalue weighted by atomic mass is 15.3. The molecule has 2 heterocycles. The lowest BCUT2D eigenvalue weighted by atomic mass is 9.79. The molecule has 0 spiro atoms. The summed E-state index contributed by atoms with van der Waals surface area (Å²) in [5.74, 6) is 2.31. The number of piperidine rings is 1. The Labute approximate surface area is 150 Å². The molecule has 2 unspecified atom stereocenters. The standard InChI is InChI=1S/C20H29N5/c1-4-17-15-25(11-10-19(17)18-8-6-5-7-9-18)20(21-2)22-12-16-13-23-24(3)14-16/h5-9,13-14,17,19H,4,10-12,15H2,1-3H3,(H,21,22). The van der Waals surface area contributed by atoms with Crippen molar-refractivity contribution >= 4 is 5.96 Å². The minimum atomic E-state index is 0.652. The second kappa shape index (κ2) is 8.19. The highest BCUT2D eigenvalue weighted by molar-refractivity contribution is 5.80. The molecule has 3 rings (SSSR count). The van der Waals surface area contributed by atoms with Gasteiger partial charge >= 0.3 is 0 Å². The van der Waals surface area contributed by atoms with E-state index in [1.54, 1.807) is 0 Å². The van der Waals surface area contributed by atoms with Gasteiger partial charge in [-0.3, -0.25) is 9.67 Å². The number of nitrogens with one attached hydrogen (secondary N) is 1. The van der Waals surface area contributed by atoms with Crippen LogP contribution in [-0.4, -0.2) is 40.8 Å². The predicted octanol–water partition coefficient (Wildman–Crippen LogP) is 3.01. The zero-order chi connectivity index (χ0) is 17.6. The van der Waals surface area contributed by atoms with Crippen LogP contribution in [0.2, 0.25) is 0 Å². The number of hydrogen-bond donors (Lipinski definition) is 1. The second-order valence-electron chi connectivity index (χ2n) is 6.84. The Balaban J connectivity index is 1.63. The molecule has 2 atom stereocenters. The van der Waals surface area contributed by atoms with Gasteiger partial charge in [0.1, 0.15) is 0 Å². The fraction of sp³-hybridized carbons (Fsp3) is 0.500. The molecule has 0 radical (unpaired) electrons. The molecule has 5 heteroatoms. The van der Waals surface area contributed by atoms with Crippen LogP contribution in [0.3, 0.4) is 0 Å². The molecule has 1 saturated heterocycles. The molecule has 0 bridgehead atoms.